The molecule has 0 aliphatic carbocycles. The summed E-state index contributed by atoms with van der Waals surface area (Å²) in [7, 11) is 1.64. The minimum absolute atomic E-state index is 0.0850. The Hall–Kier alpha value is -4.26. The van der Waals surface area contributed by atoms with Gasteiger partial charge < -0.3 is 19.1 Å². The SMILES string of the molecule is COc1ccc(C2c3c(-c4ccccc4)n[nH]c3C(=O)N2Cc2ccc3c(c2)OCO3)cc1. The summed E-state index contributed by atoms with van der Waals surface area (Å²) in [5.41, 5.74) is 5.11. The summed E-state index contributed by atoms with van der Waals surface area (Å²) < 4.78 is 16.3. The first-order chi connectivity index (χ1) is 16.2. The summed E-state index contributed by atoms with van der Waals surface area (Å²) in [5.74, 6) is 2.10. The highest BCUT2D eigenvalue weighted by Gasteiger charge is 2.42. The molecule has 0 saturated carbocycles. The highest BCUT2D eigenvalue weighted by molar-refractivity contribution is 6.00. The van der Waals surface area contributed by atoms with E-state index in [-0.39, 0.29) is 18.7 Å². The maximum atomic E-state index is 13.6. The lowest BCUT2D eigenvalue weighted by Crippen LogP contribution is -2.29. The lowest BCUT2D eigenvalue weighted by atomic mass is 9.96. The molecule has 0 spiro atoms. The van der Waals surface area contributed by atoms with Gasteiger partial charge in [0.25, 0.3) is 5.91 Å². The van der Waals surface area contributed by atoms with Gasteiger partial charge in [-0.25, -0.2) is 0 Å². The zero-order valence-corrected chi connectivity index (χ0v) is 17.9. The van der Waals surface area contributed by atoms with E-state index in [1.165, 1.54) is 0 Å². The Morgan fingerprint density at radius 2 is 1.82 bits per heavy atom. The number of benzene rings is 3. The molecule has 0 saturated heterocycles. The zero-order valence-electron chi connectivity index (χ0n) is 17.9. The average Bonchev–Trinajstić information content (AvgIpc) is 3.56. The number of carbonyl (C=O) groups excluding carboxylic acids is 1. The minimum atomic E-state index is -0.294. The smallest absolute Gasteiger partial charge is 0.273 e. The van der Waals surface area contributed by atoms with E-state index >= 15 is 0 Å². The molecular formula is C26H21N3O4. The van der Waals surface area contributed by atoms with Crippen LogP contribution in [0.15, 0.2) is 72.8 Å². The fourth-order valence-corrected chi connectivity index (χ4v) is 4.54. The highest BCUT2D eigenvalue weighted by atomic mass is 16.7. The summed E-state index contributed by atoms with van der Waals surface area (Å²) in [4.78, 5) is 15.4. The second-order valence-electron chi connectivity index (χ2n) is 8.02. The van der Waals surface area contributed by atoms with Crippen molar-refractivity contribution in [3.8, 4) is 28.5 Å². The second kappa shape index (κ2) is 7.70. The zero-order chi connectivity index (χ0) is 22.4. The van der Waals surface area contributed by atoms with Gasteiger partial charge in [-0.1, -0.05) is 48.5 Å². The normalized spacial score (nSPS) is 16.2. The fourth-order valence-electron chi connectivity index (χ4n) is 4.54. The molecule has 0 radical (unpaired) electrons. The molecule has 3 aromatic carbocycles. The highest BCUT2D eigenvalue weighted by Crippen LogP contribution is 2.44. The van der Waals surface area contributed by atoms with Gasteiger partial charge in [-0.2, -0.15) is 5.10 Å². The molecular weight excluding hydrogens is 418 g/mol. The van der Waals surface area contributed by atoms with Crippen LogP contribution in [-0.4, -0.2) is 34.9 Å². The molecule has 1 atom stereocenters. The Bertz CT molecular complexity index is 1330. The predicted molar refractivity (Wildman–Crippen MR) is 121 cm³/mol. The number of H-pyrrole nitrogens is 1. The van der Waals surface area contributed by atoms with Crippen LogP contribution in [0.1, 0.15) is 33.2 Å². The van der Waals surface area contributed by atoms with E-state index < -0.39 is 0 Å². The van der Waals surface area contributed by atoms with Crippen LogP contribution in [0.25, 0.3) is 11.3 Å². The first-order valence-electron chi connectivity index (χ1n) is 10.7. The van der Waals surface area contributed by atoms with Crippen molar-refractivity contribution in [1.29, 1.82) is 0 Å². The van der Waals surface area contributed by atoms with Crippen molar-refractivity contribution >= 4 is 5.91 Å². The van der Waals surface area contributed by atoms with Crippen LogP contribution >= 0.6 is 0 Å². The van der Waals surface area contributed by atoms with Crippen LogP contribution in [0, 0.1) is 0 Å². The van der Waals surface area contributed by atoms with E-state index in [0.29, 0.717) is 18.0 Å². The van der Waals surface area contributed by atoms with E-state index in [1.54, 1.807) is 7.11 Å². The second-order valence-corrected chi connectivity index (χ2v) is 8.02. The Morgan fingerprint density at radius 3 is 2.61 bits per heavy atom. The topological polar surface area (TPSA) is 76.7 Å². The quantitative estimate of drug-likeness (QED) is 0.493. The number of rotatable bonds is 5. The Kier molecular flexibility index (Phi) is 4.54. The molecule has 2 aliphatic rings. The number of hydrogen-bond donors (Lipinski definition) is 1. The van der Waals surface area contributed by atoms with Crippen molar-refractivity contribution in [2.45, 2.75) is 12.6 Å². The van der Waals surface area contributed by atoms with Crippen molar-refractivity contribution in [1.82, 2.24) is 15.1 Å². The van der Waals surface area contributed by atoms with Crippen LogP contribution in [0.4, 0.5) is 0 Å². The predicted octanol–water partition coefficient (Wildman–Crippen LogP) is 4.56. The van der Waals surface area contributed by atoms with Gasteiger partial charge in [0.15, 0.2) is 11.5 Å². The van der Waals surface area contributed by atoms with Gasteiger partial charge in [0.2, 0.25) is 6.79 Å². The number of hydrogen-bond acceptors (Lipinski definition) is 5. The molecule has 6 rings (SSSR count). The van der Waals surface area contributed by atoms with E-state index in [1.807, 2.05) is 77.7 Å². The molecule has 4 aromatic rings. The fraction of sp³-hybridized carbons (Fsp3) is 0.154. The molecule has 0 fully saturated rings. The van der Waals surface area contributed by atoms with Crippen molar-refractivity contribution in [2.75, 3.05) is 13.9 Å². The Morgan fingerprint density at radius 1 is 1.03 bits per heavy atom. The third-order valence-corrected chi connectivity index (χ3v) is 6.13. The number of methoxy groups -OCH3 is 1. The van der Waals surface area contributed by atoms with Crippen LogP contribution in [0.3, 0.4) is 0 Å². The summed E-state index contributed by atoms with van der Waals surface area (Å²) in [6.07, 6.45) is 0. The number of nitrogens with zero attached hydrogens (tertiary/aromatic N) is 2. The molecule has 164 valence electrons. The standard InChI is InChI=1S/C26H21N3O4/c1-31-19-10-8-18(9-11-19)25-22-23(17-5-3-2-4-6-17)27-28-24(22)26(30)29(25)14-16-7-12-20-21(13-16)33-15-32-20/h2-13,25H,14-15H2,1H3,(H,27,28). The molecule has 1 amide bonds. The summed E-state index contributed by atoms with van der Waals surface area (Å²) in [6, 6.07) is 23.2. The van der Waals surface area contributed by atoms with Crippen LogP contribution in [-0.2, 0) is 6.54 Å². The maximum Gasteiger partial charge on any atom is 0.273 e. The van der Waals surface area contributed by atoms with Crippen molar-refractivity contribution in [2.24, 2.45) is 0 Å². The van der Waals surface area contributed by atoms with Crippen molar-refractivity contribution in [3.63, 3.8) is 0 Å². The van der Waals surface area contributed by atoms with Gasteiger partial charge in [0.1, 0.15) is 11.4 Å². The first kappa shape index (κ1) is 19.4. The molecule has 7 nitrogen and oxygen atoms in total. The minimum Gasteiger partial charge on any atom is -0.497 e. The molecule has 3 heterocycles. The third kappa shape index (κ3) is 3.20. The lowest BCUT2D eigenvalue weighted by molar-refractivity contribution is 0.0730. The van der Waals surface area contributed by atoms with Gasteiger partial charge in [0.05, 0.1) is 18.8 Å². The number of aromatic nitrogens is 2. The monoisotopic (exact) mass is 439 g/mol. The molecule has 1 aromatic heterocycles. The Labute approximate surface area is 190 Å². The van der Waals surface area contributed by atoms with Gasteiger partial charge in [-0.3, -0.25) is 9.89 Å². The van der Waals surface area contributed by atoms with Crippen molar-refractivity contribution in [3.05, 3.63) is 95.2 Å². The Balaban J connectivity index is 1.45. The van der Waals surface area contributed by atoms with Crippen LogP contribution in [0.2, 0.25) is 0 Å². The van der Waals surface area contributed by atoms with E-state index in [2.05, 4.69) is 10.2 Å². The molecule has 1 unspecified atom stereocenters. The molecule has 0 bridgehead atoms. The number of carbonyl (C=O) groups is 1. The summed E-state index contributed by atoms with van der Waals surface area (Å²) in [5, 5.41) is 7.53. The van der Waals surface area contributed by atoms with E-state index in [4.69, 9.17) is 14.2 Å². The lowest BCUT2D eigenvalue weighted by Gasteiger charge is -2.26. The van der Waals surface area contributed by atoms with Gasteiger partial charge in [0, 0.05) is 17.7 Å². The van der Waals surface area contributed by atoms with Crippen LogP contribution in [0.5, 0.6) is 17.2 Å². The average molecular weight is 439 g/mol. The molecule has 2 aliphatic heterocycles. The molecule has 7 heteroatoms. The summed E-state index contributed by atoms with van der Waals surface area (Å²) in [6.45, 7) is 0.634. The van der Waals surface area contributed by atoms with Gasteiger partial charge in [-0.15, -0.1) is 0 Å². The first-order valence-corrected chi connectivity index (χ1v) is 10.7. The maximum absolute atomic E-state index is 13.6. The summed E-state index contributed by atoms with van der Waals surface area (Å²) >= 11 is 0. The number of ether oxygens (including phenoxy) is 3. The van der Waals surface area contributed by atoms with E-state index in [0.717, 1.165) is 39.4 Å². The number of fused-ring (bicyclic) bond motifs is 2. The van der Waals surface area contributed by atoms with E-state index in [9.17, 15) is 4.79 Å². The third-order valence-electron chi connectivity index (χ3n) is 6.13. The van der Waals surface area contributed by atoms with Gasteiger partial charge >= 0.3 is 0 Å². The van der Waals surface area contributed by atoms with Gasteiger partial charge in [-0.05, 0) is 35.4 Å². The number of nitrogens with one attached hydrogen (secondary N) is 1. The largest absolute Gasteiger partial charge is 0.497 e. The number of amides is 1. The van der Waals surface area contributed by atoms with Crippen molar-refractivity contribution < 1.29 is 19.0 Å². The molecule has 1 N–H and O–H groups in total. The number of aromatic amines is 1. The van der Waals surface area contributed by atoms with Crippen LogP contribution < -0.4 is 14.2 Å². The molecule has 33 heavy (non-hydrogen) atoms.